The zero-order valence-electron chi connectivity index (χ0n) is 11.3. The van der Waals surface area contributed by atoms with Gasteiger partial charge in [-0.25, -0.2) is 4.98 Å². The van der Waals surface area contributed by atoms with Crippen LogP contribution in [0.4, 0.5) is 0 Å². The van der Waals surface area contributed by atoms with Crippen LogP contribution in [0.1, 0.15) is 30.8 Å². The van der Waals surface area contributed by atoms with Crippen LogP contribution in [0.3, 0.4) is 0 Å². The van der Waals surface area contributed by atoms with Gasteiger partial charge in [0.1, 0.15) is 10.6 Å². The first kappa shape index (κ1) is 13.7. The monoisotopic (exact) mass is 272 g/mol. The Bertz CT molecular complexity index is 609. The first-order chi connectivity index (χ1) is 9.12. The van der Waals surface area contributed by atoms with Crippen LogP contribution >= 0.6 is 11.3 Å². The average molecular weight is 272 g/mol. The van der Waals surface area contributed by atoms with Gasteiger partial charge >= 0.3 is 0 Å². The van der Waals surface area contributed by atoms with E-state index in [1.807, 2.05) is 30.5 Å². The number of nitrogens with zero attached hydrogens (tertiary/aromatic N) is 2. The maximum atomic E-state index is 8.93. The molecule has 0 saturated heterocycles. The number of ether oxygens (including phenoxy) is 1. The van der Waals surface area contributed by atoms with Crippen LogP contribution in [0.2, 0.25) is 0 Å². The van der Waals surface area contributed by atoms with Crippen molar-refractivity contribution in [1.82, 2.24) is 4.98 Å². The Hall–Kier alpha value is -1.70. The molecule has 1 unspecified atom stereocenters. The summed E-state index contributed by atoms with van der Waals surface area (Å²) in [5.74, 6) is 0. The summed E-state index contributed by atoms with van der Waals surface area (Å²) in [7, 11) is 1.71. The zero-order valence-corrected chi connectivity index (χ0v) is 12.1. The third-order valence-electron chi connectivity index (χ3n) is 3.37. The molecule has 0 saturated carbocycles. The van der Waals surface area contributed by atoms with Gasteiger partial charge in [-0.3, -0.25) is 0 Å². The molecule has 1 aromatic heterocycles. The minimum Gasteiger partial charge on any atom is -0.371 e. The third kappa shape index (κ3) is 2.67. The Morgan fingerprint density at radius 2 is 2.26 bits per heavy atom. The number of methoxy groups -OCH3 is 1. The molecule has 0 N–H and O–H groups in total. The molecule has 2 rings (SSSR count). The molecule has 2 aromatic rings. The van der Waals surface area contributed by atoms with Crippen LogP contribution in [0.5, 0.6) is 0 Å². The highest BCUT2D eigenvalue weighted by Crippen LogP contribution is 2.33. The van der Waals surface area contributed by atoms with Crippen LogP contribution in [0.25, 0.3) is 11.3 Å². The lowest BCUT2D eigenvalue weighted by Crippen LogP contribution is -2.22. The second kappa shape index (κ2) is 5.52. The minimum absolute atomic E-state index is 0.338. The van der Waals surface area contributed by atoms with E-state index < -0.39 is 0 Å². The van der Waals surface area contributed by atoms with E-state index in [4.69, 9.17) is 10.00 Å². The summed E-state index contributed by atoms with van der Waals surface area (Å²) in [6.07, 6.45) is 0.870. The molecule has 0 amide bonds. The van der Waals surface area contributed by atoms with Crippen LogP contribution in [0, 0.1) is 11.3 Å². The van der Waals surface area contributed by atoms with Crippen molar-refractivity contribution in [3.05, 3.63) is 40.2 Å². The Kier molecular flexibility index (Phi) is 3.98. The van der Waals surface area contributed by atoms with E-state index in [2.05, 4.69) is 18.0 Å². The van der Waals surface area contributed by atoms with E-state index in [0.29, 0.717) is 5.56 Å². The molecule has 0 aliphatic carbocycles. The number of hydrogen-bond donors (Lipinski definition) is 0. The number of thiazole rings is 1. The smallest absolute Gasteiger partial charge is 0.125 e. The second-order valence-corrected chi connectivity index (χ2v) is 5.38. The molecule has 0 aliphatic rings. The molecule has 0 fully saturated rings. The van der Waals surface area contributed by atoms with Gasteiger partial charge in [-0.2, -0.15) is 5.26 Å². The fourth-order valence-corrected chi connectivity index (χ4v) is 2.82. The lowest BCUT2D eigenvalue weighted by molar-refractivity contribution is -0.00149. The standard InChI is InChI=1S/C15H16N2OS/c1-4-15(2,18-3)14-17-13(10-19-14)12-7-5-6-11(8-12)9-16/h5-8,10H,4H2,1-3H3. The maximum absolute atomic E-state index is 8.93. The molecular weight excluding hydrogens is 256 g/mol. The number of rotatable bonds is 4. The summed E-state index contributed by atoms with van der Waals surface area (Å²) < 4.78 is 5.56. The Morgan fingerprint density at radius 1 is 1.47 bits per heavy atom. The first-order valence-corrected chi connectivity index (χ1v) is 7.02. The van der Waals surface area contributed by atoms with E-state index in [1.165, 1.54) is 0 Å². The number of aromatic nitrogens is 1. The van der Waals surface area contributed by atoms with Gasteiger partial charge in [0.05, 0.1) is 17.3 Å². The summed E-state index contributed by atoms with van der Waals surface area (Å²) in [5.41, 5.74) is 2.18. The van der Waals surface area contributed by atoms with E-state index in [9.17, 15) is 0 Å². The van der Waals surface area contributed by atoms with Crippen molar-refractivity contribution in [2.45, 2.75) is 25.9 Å². The van der Waals surface area contributed by atoms with Gasteiger partial charge in [0, 0.05) is 18.1 Å². The van der Waals surface area contributed by atoms with E-state index >= 15 is 0 Å². The van der Waals surface area contributed by atoms with Crippen molar-refractivity contribution >= 4 is 11.3 Å². The fourth-order valence-electron chi connectivity index (χ4n) is 1.78. The van der Waals surface area contributed by atoms with Crippen LogP contribution < -0.4 is 0 Å². The maximum Gasteiger partial charge on any atom is 0.125 e. The lowest BCUT2D eigenvalue weighted by atomic mass is 10.0. The van der Waals surface area contributed by atoms with Gasteiger partial charge in [-0.05, 0) is 25.5 Å². The normalized spacial score (nSPS) is 13.8. The summed E-state index contributed by atoms with van der Waals surface area (Å²) in [4.78, 5) is 4.65. The van der Waals surface area contributed by atoms with Crippen molar-refractivity contribution in [2.75, 3.05) is 7.11 Å². The Morgan fingerprint density at radius 3 is 2.89 bits per heavy atom. The Labute approximate surface area is 117 Å². The highest BCUT2D eigenvalue weighted by Gasteiger charge is 2.27. The number of nitriles is 1. The van der Waals surface area contributed by atoms with Crippen molar-refractivity contribution in [3.63, 3.8) is 0 Å². The second-order valence-electron chi connectivity index (χ2n) is 4.52. The van der Waals surface area contributed by atoms with Crippen molar-refractivity contribution < 1.29 is 4.74 Å². The topological polar surface area (TPSA) is 45.9 Å². The lowest BCUT2D eigenvalue weighted by Gasteiger charge is -2.23. The highest BCUT2D eigenvalue weighted by atomic mass is 32.1. The van der Waals surface area contributed by atoms with Crippen LogP contribution in [-0.2, 0) is 10.3 Å². The molecule has 3 nitrogen and oxygen atoms in total. The van der Waals surface area contributed by atoms with Crippen molar-refractivity contribution in [1.29, 1.82) is 5.26 Å². The van der Waals surface area contributed by atoms with E-state index in [0.717, 1.165) is 22.7 Å². The molecule has 0 radical (unpaired) electrons. The Balaban J connectivity index is 2.38. The summed E-state index contributed by atoms with van der Waals surface area (Å²) in [5, 5.41) is 11.9. The van der Waals surface area contributed by atoms with Crippen molar-refractivity contribution in [3.8, 4) is 17.3 Å². The summed E-state index contributed by atoms with van der Waals surface area (Å²) in [6, 6.07) is 9.64. The molecule has 19 heavy (non-hydrogen) atoms. The van der Waals surface area contributed by atoms with Crippen LogP contribution in [0.15, 0.2) is 29.6 Å². The fraction of sp³-hybridized carbons (Fsp3) is 0.333. The van der Waals surface area contributed by atoms with Gasteiger partial charge in [0.25, 0.3) is 0 Å². The van der Waals surface area contributed by atoms with Crippen molar-refractivity contribution in [2.24, 2.45) is 0 Å². The van der Waals surface area contributed by atoms with E-state index in [1.54, 1.807) is 24.5 Å². The number of hydrogen-bond acceptors (Lipinski definition) is 4. The van der Waals surface area contributed by atoms with Crippen LogP contribution in [-0.4, -0.2) is 12.1 Å². The van der Waals surface area contributed by atoms with Gasteiger partial charge in [0.15, 0.2) is 0 Å². The molecule has 1 heterocycles. The first-order valence-electron chi connectivity index (χ1n) is 6.14. The average Bonchev–Trinajstić information content (AvgIpc) is 2.97. The quantitative estimate of drug-likeness (QED) is 0.846. The van der Waals surface area contributed by atoms with E-state index in [-0.39, 0.29) is 5.60 Å². The molecule has 0 spiro atoms. The summed E-state index contributed by atoms with van der Waals surface area (Å²) >= 11 is 1.59. The highest BCUT2D eigenvalue weighted by molar-refractivity contribution is 7.10. The van der Waals surface area contributed by atoms with Gasteiger partial charge in [0.2, 0.25) is 0 Å². The molecule has 0 bridgehead atoms. The molecule has 0 aliphatic heterocycles. The SMILES string of the molecule is CCC(C)(OC)c1nc(-c2cccc(C#N)c2)cs1. The largest absolute Gasteiger partial charge is 0.371 e. The molecule has 4 heteroatoms. The predicted molar refractivity (Wildman–Crippen MR) is 76.9 cm³/mol. The zero-order chi connectivity index (χ0) is 13.9. The van der Waals surface area contributed by atoms with Gasteiger partial charge in [-0.1, -0.05) is 19.1 Å². The third-order valence-corrected chi connectivity index (χ3v) is 4.46. The molecule has 1 aromatic carbocycles. The minimum atomic E-state index is -0.338. The number of benzene rings is 1. The predicted octanol–water partition coefficient (Wildman–Crippen LogP) is 3.95. The van der Waals surface area contributed by atoms with Gasteiger partial charge in [-0.15, -0.1) is 11.3 Å². The summed E-state index contributed by atoms with van der Waals surface area (Å²) in [6.45, 7) is 4.13. The van der Waals surface area contributed by atoms with Gasteiger partial charge < -0.3 is 4.74 Å². The molecular formula is C15H16N2OS. The molecule has 98 valence electrons. The molecule has 1 atom stereocenters.